The average molecular weight is 415 g/mol. The van der Waals surface area contributed by atoms with E-state index in [1.807, 2.05) is 21.4 Å². The largest absolute Gasteiger partial charge is 0.497 e. The maximum absolute atomic E-state index is 12.7. The molecule has 0 spiro atoms. The van der Waals surface area contributed by atoms with Crippen LogP contribution in [0.2, 0.25) is 5.02 Å². The molecule has 0 aliphatic carbocycles. The van der Waals surface area contributed by atoms with Crippen molar-refractivity contribution in [3.05, 3.63) is 46.9 Å². The van der Waals surface area contributed by atoms with E-state index in [4.69, 9.17) is 16.3 Å². The zero-order chi connectivity index (χ0) is 20.4. The van der Waals surface area contributed by atoms with Gasteiger partial charge in [0.05, 0.1) is 13.5 Å². The van der Waals surface area contributed by atoms with Crippen molar-refractivity contribution in [3.8, 4) is 5.75 Å². The van der Waals surface area contributed by atoms with Crippen molar-refractivity contribution >= 4 is 29.1 Å². The minimum absolute atomic E-state index is 0.0758. The van der Waals surface area contributed by atoms with Crippen LogP contribution in [0.15, 0.2) is 30.6 Å². The second-order valence-electron chi connectivity index (χ2n) is 6.96. The Morgan fingerprint density at radius 1 is 1.21 bits per heavy atom. The lowest BCUT2D eigenvalue weighted by Gasteiger charge is -2.35. The summed E-state index contributed by atoms with van der Waals surface area (Å²) in [6.45, 7) is 4.84. The molecule has 9 heteroatoms. The van der Waals surface area contributed by atoms with Gasteiger partial charge in [-0.15, -0.1) is 10.2 Å². The summed E-state index contributed by atoms with van der Waals surface area (Å²) in [6.07, 6.45) is 2.84. The number of aryl methyl sites for hydroxylation is 1. The Morgan fingerprint density at radius 2 is 2.00 bits per heavy atom. The van der Waals surface area contributed by atoms with Crippen molar-refractivity contribution in [2.45, 2.75) is 19.8 Å². The highest BCUT2D eigenvalue weighted by atomic mass is 35.5. The predicted octanol–water partition coefficient (Wildman–Crippen LogP) is 2.24. The molecule has 0 N–H and O–H groups in total. The molecule has 2 aromatic heterocycles. The Morgan fingerprint density at radius 3 is 2.69 bits per heavy atom. The monoisotopic (exact) mass is 414 g/mol. The zero-order valence-corrected chi connectivity index (χ0v) is 17.3. The summed E-state index contributed by atoms with van der Waals surface area (Å²) in [5.41, 5.74) is 1.93. The van der Waals surface area contributed by atoms with E-state index in [1.165, 1.54) is 0 Å². The molecule has 29 heavy (non-hydrogen) atoms. The molecule has 1 fully saturated rings. The number of anilines is 1. The van der Waals surface area contributed by atoms with Crippen LogP contribution < -0.4 is 9.64 Å². The number of hydrogen-bond acceptors (Lipinski definition) is 6. The predicted molar refractivity (Wildman–Crippen MR) is 111 cm³/mol. The first-order valence-electron chi connectivity index (χ1n) is 9.64. The van der Waals surface area contributed by atoms with Crippen LogP contribution in [0, 0.1) is 0 Å². The van der Waals surface area contributed by atoms with Crippen molar-refractivity contribution in [1.29, 1.82) is 0 Å². The zero-order valence-electron chi connectivity index (χ0n) is 16.5. The molecule has 0 bridgehead atoms. The number of methoxy groups -OCH3 is 1. The van der Waals surface area contributed by atoms with E-state index >= 15 is 0 Å². The van der Waals surface area contributed by atoms with Crippen LogP contribution in [0.1, 0.15) is 18.2 Å². The highest BCUT2D eigenvalue weighted by molar-refractivity contribution is 6.31. The molecule has 0 saturated carbocycles. The van der Waals surface area contributed by atoms with Gasteiger partial charge in [0.15, 0.2) is 0 Å². The fourth-order valence-electron chi connectivity index (χ4n) is 3.55. The van der Waals surface area contributed by atoms with E-state index in [0.717, 1.165) is 36.6 Å². The van der Waals surface area contributed by atoms with E-state index < -0.39 is 0 Å². The summed E-state index contributed by atoms with van der Waals surface area (Å²) in [4.78, 5) is 21.4. The summed E-state index contributed by atoms with van der Waals surface area (Å²) in [7, 11) is 1.59. The SMILES string of the molecule is CCc1cc(N2CCN(C(=O)Cc3ccc(OC)cc3Cl)CC2)nc2nncn12. The number of amides is 1. The molecular formula is C20H23ClN6O2. The second-order valence-corrected chi connectivity index (χ2v) is 7.37. The van der Waals surface area contributed by atoms with Crippen molar-refractivity contribution in [3.63, 3.8) is 0 Å². The van der Waals surface area contributed by atoms with E-state index in [0.29, 0.717) is 29.6 Å². The van der Waals surface area contributed by atoms with Gasteiger partial charge in [-0.3, -0.25) is 9.20 Å². The highest BCUT2D eigenvalue weighted by Gasteiger charge is 2.23. The molecule has 152 valence electrons. The van der Waals surface area contributed by atoms with Gasteiger partial charge in [0, 0.05) is 43.0 Å². The molecule has 0 atom stereocenters. The fraction of sp³-hybridized carbons (Fsp3) is 0.400. The summed E-state index contributed by atoms with van der Waals surface area (Å²) in [5, 5.41) is 8.58. The molecule has 1 aliphatic rings. The highest BCUT2D eigenvalue weighted by Crippen LogP contribution is 2.24. The molecular weight excluding hydrogens is 392 g/mol. The lowest BCUT2D eigenvalue weighted by Crippen LogP contribution is -2.49. The maximum Gasteiger partial charge on any atom is 0.256 e. The van der Waals surface area contributed by atoms with Crippen molar-refractivity contribution in [2.24, 2.45) is 0 Å². The van der Waals surface area contributed by atoms with E-state index in [2.05, 4.69) is 33.1 Å². The Balaban J connectivity index is 1.41. The molecule has 1 saturated heterocycles. The molecule has 1 aliphatic heterocycles. The molecule has 4 rings (SSSR count). The summed E-state index contributed by atoms with van der Waals surface area (Å²) in [6, 6.07) is 7.48. The van der Waals surface area contributed by atoms with Gasteiger partial charge in [0.25, 0.3) is 5.78 Å². The number of ether oxygens (including phenoxy) is 1. The van der Waals surface area contributed by atoms with Crippen LogP contribution in [-0.4, -0.2) is 63.7 Å². The Kier molecular flexibility index (Phi) is 5.53. The molecule has 3 aromatic rings. The number of piperazine rings is 1. The van der Waals surface area contributed by atoms with Gasteiger partial charge in [-0.1, -0.05) is 24.6 Å². The van der Waals surface area contributed by atoms with Crippen LogP contribution in [0.5, 0.6) is 5.75 Å². The number of halogens is 1. The van der Waals surface area contributed by atoms with Crippen LogP contribution in [0.4, 0.5) is 5.82 Å². The Bertz CT molecular complexity index is 1030. The van der Waals surface area contributed by atoms with E-state index in [9.17, 15) is 4.79 Å². The number of fused-ring (bicyclic) bond motifs is 1. The first kappa shape index (κ1) is 19.4. The standard InChI is InChI=1S/C20H23ClN6O2/c1-3-15-11-18(23-20-24-22-13-27(15)20)25-6-8-26(9-7-25)19(28)10-14-4-5-16(29-2)12-17(14)21/h4-5,11-13H,3,6-10H2,1-2H3. The van der Waals surface area contributed by atoms with Crippen LogP contribution in [0.25, 0.3) is 5.78 Å². The van der Waals surface area contributed by atoms with Gasteiger partial charge in [-0.2, -0.15) is 4.98 Å². The fourth-order valence-corrected chi connectivity index (χ4v) is 3.79. The number of aromatic nitrogens is 4. The van der Waals surface area contributed by atoms with Gasteiger partial charge in [0.2, 0.25) is 5.91 Å². The number of benzene rings is 1. The molecule has 1 amide bonds. The van der Waals surface area contributed by atoms with Crippen molar-refractivity contribution < 1.29 is 9.53 Å². The number of rotatable bonds is 5. The van der Waals surface area contributed by atoms with Crippen LogP contribution >= 0.6 is 11.6 Å². The first-order chi connectivity index (χ1) is 14.1. The molecule has 3 heterocycles. The van der Waals surface area contributed by atoms with Crippen molar-refractivity contribution in [1.82, 2.24) is 24.5 Å². The lowest BCUT2D eigenvalue weighted by atomic mass is 10.1. The number of nitrogens with zero attached hydrogens (tertiary/aromatic N) is 6. The Hall–Kier alpha value is -2.87. The molecule has 1 aromatic carbocycles. The van der Waals surface area contributed by atoms with Crippen LogP contribution in [0.3, 0.4) is 0 Å². The molecule has 8 nitrogen and oxygen atoms in total. The summed E-state index contributed by atoms with van der Waals surface area (Å²) >= 11 is 6.28. The normalized spacial score (nSPS) is 14.4. The third-order valence-electron chi connectivity index (χ3n) is 5.27. The topological polar surface area (TPSA) is 75.9 Å². The quantitative estimate of drug-likeness (QED) is 0.637. The second kappa shape index (κ2) is 8.24. The average Bonchev–Trinajstić information content (AvgIpc) is 3.23. The van der Waals surface area contributed by atoms with Crippen LogP contribution in [-0.2, 0) is 17.6 Å². The Labute approximate surface area is 174 Å². The minimum Gasteiger partial charge on any atom is -0.497 e. The molecule has 0 radical (unpaired) electrons. The smallest absolute Gasteiger partial charge is 0.256 e. The number of carbonyl (C=O) groups is 1. The van der Waals surface area contributed by atoms with Crippen molar-refractivity contribution in [2.75, 3.05) is 38.2 Å². The van der Waals surface area contributed by atoms with Gasteiger partial charge in [0.1, 0.15) is 17.9 Å². The number of hydrogen-bond donors (Lipinski definition) is 0. The number of carbonyl (C=O) groups excluding carboxylic acids is 1. The third-order valence-corrected chi connectivity index (χ3v) is 5.62. The van der Waals surface area contributed by atoms with Gasteiger partial charge in [-0.25, -0.2) is 0 Å². The van der Waals surface area contributed by atoms with Gasteiger partial charge >= 0.3 is 0 Å². The first-order valence-corrected chi connectivity index (χ1v) is 10.0. The third kappa shape index (κ3) is 3.98. The van der Waals surface area contributed by atoms with E-state index in [1.54, 1.807) is 19.5 Å². The van der Waals surface area contributed by atoms with Gasteiger partial charge in [-0.05, 0) is 24.1 Å². The lowest BCUT2D eigenvalue weighted by molar-refractivity contribution is -0.130. The minimum atomic E-state index is 0.0758. The van der Waals surface area contributed by atoms with Gasteiger partial charge < -0.3 is 14.5 Å². The summed E-state index contributed by atoms with van der Waals surface area (Å²) < 4.78 is 7.07. The maximum atomic E-state index is 12.7. The summed E-state index contributed by atoms with van der Waals surface area (Å²) in [5.74, 6) is 2.25. The molecule has 0 unspecified atom stereocenters. The van der Waals surface area contributed by atoms with E-state index in [-0.39, 0.29) is 12.3 Å².